The van der Waals surface area contributed by atoms with E-state index in [0.29, 0.717) is 0 Å². The number of benzene rings is 8. The van der Waals surface area contributed by atoms with Crippen molar-refractivity contribution in [1.82, 2.24) is 0 Å². The van der Waals surface area contributed by atoms with Gasteiger partial charge in [0.15, 0.2) is 0 Å². The van der Waals surface area contributed by atoms with Gasteiger partial charge >= 0.3 is 0 Å². The van der Waals surface area contributed by atoms with Gasteiger partial charge in [0.2, 0.25) is 0 Å². The van der Waals surface area contributed by atoms with Gasteiger partial charge in [0.05, 0.1) is 5.69 Å². The first-order valence-electron chi connectivity index (χ1n) is 17.7. The van der Waals surface area contributed by atoms with Crippen molar-refractivity contribution in [2.24, 2.45) is 0 Å². The van der Waals surface area contributed by atoms with Gasteiger partial charge in [-0.25, -0.2) is 0 Å². The van der Waals surface area contributed by atoms with E-state index in [4.69, 9.17) is 0 Å². The van der Waals surface area contributed by atoms with Crippen LogP contribution in [0.1, 0.15) is 25.0 Å². The largest absolute Gasteiger partial charge is 0.311 e. The minimum absolute atomic E-state index is 0.116. The van der Waals surface area contributed by atoms with Crippen molar-refractivity contribution in [3.8, 4) is 22.3 Å². The molecule has 0 aliphatic heterocycles. The zero-order chi connectivity index (χ0) is 34.4. The minimum Gasteiger partial charge on any atom is -0.311 e. The lowest BCUT2D eigenvalue weighted by Crippen LogP contribution is -2.17. The highest BCUT2D eigenvalue weighted by Crippen LogP contribution is 2.51. The lowest BCUT2D eigenvalue weighted by Gasteiger charge is -2.31. The molecule has 0 fully saturated rings. The fraction of sp³-hybridized carbons (Fsp3) is 0.0612. The van der Waals surface area contributed by atoms with Crippen LogP contribution in [0, 0.1) is 0 Å². The zero-order valence-corrected chi connectivity index (χ0v) is 28.9. The molecular formula is C49H38N2. The Morgan fingerprint density at radius 2 is 0.804 bits per heavy atom. The van der Waals surface area contributed by atoms with Gasteiger partial charge in [-0.2, -0.15) is 0 Å². The van der Waals surface area contributed by atoms with Crippen LogP contribution in [0.15, 0.2) is 194 Å². The molecule has 1 aliphatic carbocycles. The van der Waals surface area contributed by atoms with Gasteiger partial charge < -0.3 is 9.80 Å². The Morgan fingerprint density at radius 3 is 1.45 bits per heavy atom. The molecule has 244 valence electrons. The quantitative estimate of drug-likeness (QED) is 0.169. The van der Waals surface area contributed by atoms with E-state index in [1.54, 1.807) is 0 Å². The maximum Gasteiger partial charge on any atom is 0.0546 e. The van der Waals surface area contributed by atoms with Gasteiger partial charge in [-0.15, -0.1) is 0 Å². The number of anilines is 6. The molecular weight excluding hydrogens is 617 g/mol. The van der Waals surface area contributed by atoms with Crippen LogP contribution >= 0.6 is 0 Å². The average Bonchev–Trinajstić information content (AvgIpc) is 3.42. The Hall–Kier alpha value is -6.38. The lowest BCUT2D eigenvalue weighted by molar-refractivity contribution is 0.660. The topological polar surface area (TPSA) is 6.48 Å². The van der Waals surface area contributed by atoms with E-state index in [0.717, 1.165) is 34.1 Å². The third-order valence-corrected chi connectivity index (χ3v) is 10.4. The molecule has 0 spiro atoms. The molecule has 0 aromatic heterocycles. The third kappa shape index (κ3) is 5.37. The summed E-state index contributed by atoms with van der Waals surface area (Å²) in [6, 6.07) is 70.3. The molecule has 0 saturated heterocycles. The number of hydrogen-bond acceptors (Lipinski definition) is 2. The first kappa shape index (κ1) is 30.7. The van der Waals surface area contributed by atoms with Crippen molar-refractivity contribution in [2.45, 2.75) is 19.3 Å². The van der Waals surface area contributed by atoms with Crippen LogP contribution in [-0.2, 0) is 5.41 Å². The molecule has 8 aromatic carbocycles. The fourth-order valence-electron chi connectivity index (χ4n) is 7.87. The van der Waals surface area contributed by atoms with Gasteiger partial charge in [-0.3, -0.25) is 0 Å². The Morgan fingerprint density at radius 1 is 0.333 bits per heavy atom. The van der Waals surface area contributed by atoms with E-state index >= 15 is 0 Å². The molecule has 0 bridgehead atoms. The van der Waals surface area contributed by atoms with Crippen LogP contribution < -0.4 is 9.80 Å². The standard InChI is InChI=1S/C49H38N2/c1-49(2)46-25-15-14-24-43(46)44-31-30-42(34-47(44)49)51(48-33-37-19-13-12-18-36(37)32-45(48)35-16-6-3-7-17-35)41-28-26-40(27-29-41)50(38-20-8-4-9-21-38)39-22-10-5-11-23-39/h3-34H,1-2H3. The minimum atomic E-state index is -0.116. The van der Waals surface area contributed by atoms with Crippen LogP contribution in [0.25, 0.3) is 33.0 Å². The summed E-state index contributed by atoms with van der Waals surface area (Å²) >= 11 is 0. The van der Waals surface area contributed by atoms with Gasteiger partial charge in [-0.1, -0.05) is 135 Å². The highest BCUT2D eigenvalue weighted by Gasteiger charge is 2.36. The van der Waals surface area contributed by atoms with E-state index in [9.17, 15) is 0 Å². The van der Waals surface area contributed by atoms with E-state index in [-0.39, 0.29) is 5.41 Å². The molecule has 0 N–H and O–H groups in total. The second-order valence-electron chi connectivity index (χ2n) is 13.8. The Balaban J connectivity index is 1.25. The molecule has 0 atom stereocenters. The van der Waals surface area contributed by atoms with E-state index < -0.39 is 0 Å². The molecule has 0 saturated carbocycles. The Bertz CT molecular complexity index is 2440. The van der Waals surface area contributed by atoms with Gasteiger partial charge in [-0.05, 0) is 111 Å². The van der Waals surface area contributed by atoms with E-state index in [1.807, 2.05) is 0 Å². The molecule has 1 aliphatic rings. The van der Waals surface area contributed by atoms with Gasteiger partial charge in [0, 0.05) is 39.4 Å². The Kier molecular flexibility index (Phi) is 7.51. The summed E-state index contributed by atoms with van der Waals surface area (Å²) in [5.41, 5.74) is 14.4. The number of rotatable bonds is 7. The Labute approximate surface area is 300 Å². The molecule has 8 aromatic rings. The first-order chi connectivity index (χ1) is 25.1. The summed E-state index contributed by atoms with van der Waals surface area (Å²) in [5.74, 6) is 0. The summed E-state index contributed by atoms with van der Waals surface area (Å²) in [6.07, 6.45) is 0. The molecule has 51 heavy (non-hydrogen) atoms. The fourth-order valence-corrected chi connectivity index (χ4v) is 7.87. The molecule has 0 radical (unpaired) electrons. The number of fused-ring (bicyclic) bond motifs is 4. The van der Waals surface area contributed by atoms with Crippen LogP contribution in [-0.4, -0.2) is 0 Å². The molecule has 0 unspecified atom stereocenters. The normalized spacial score (nSPS) is 12.7. The number of hydrogen-bond donors (Lipinski definition) is 0. The van der Waals surface area contributed by atoms with E-state index in [1.165, 1.54) is 44.2 Å². The van der Waals surface area contributed by atoms with Crippen molar-refractivity contribution in [3.05, 3.63) is 205 Å². The summed E-state index contributed by atoms with van der Waals surface area (Å²) in [6.45, 7) is 4.71. The average molecular weight is 655 g/mol. The van der Waals surface area contributed by atoms with Crippen LogP contribution in [0.2, 0.25) is 0 Å². The molecule has 2 heteroatoms. The number of para-hydroxylation sites is 2. The molecule has 2 nitrogen and oxygen atoms in total. The predicted molar refractivity (Wildman–Crippen MR) is 216 cm³/mol. The highest BCUT2D eigenvalue weighted by molar-refractivity contribution is 5.99. The summed E-state index contributed by atoms with van der Waals surface area (Å²) in [7, 11) is 0. The maximum absolute atomic E-state index is 2.45. The second-order valence-corrected chi connectivity index (χ2v) is 13.8. The monoisotopic (exact) mass is 654 g/mol. The lowest BCUT2D eigenvalue weighted by atomic mass is 9.82. The van der Waals surface area contributed by atoms with Crippen molar-refractivity contribution in [3.63, 3.8) is 0 Å². The van der Waals surface area contributed by atoms with E-state index in [2.05, 4.69) is 218 Å². The summed E-state index contributed by atoms with van der Waals surface area (Å²) < 4.78 is 0. The van der Waals surface area contributed by atoms with Crippen LogP contribution in [0.5, 0.6) is 0 Å². The van der Waals surface area contributed by atoms with Gasteiger partial charge in [0.25, 0.3) is 0 Å². The van der Waals surface area contributed by atoms with Crippen LogP contribution in [0.3, 0.4) is 0 Å². The molecule has 0 heterocycles. The summed E-state index contributed by atoms with van der Waals surface area (Å²) in [5, 5.41) is 2.43. The second kappa shape index (κ2) is 12.5. The van der Waals surface area contributed by atoms with Crippen LogP contribution in [0.4, 0.5) is 34.1 Å². The van der Waals surface area contributed by atoms with Gasteiger partial charge in [0.1, 0.15) is 0 Å². The maximum atomic E-state index is 2.45. The molecule has 0 amide bonds. The summed E-state index contributed by atoms with van der Waals surface area (Å²) in [4.78, 5) is 4.77. The smallest absolute Gasteiger partial charge is 0.0546 e. The SMILES string of the molecule is CC1(C)c2ccccc2-c2ccc(N(c3ccc(N(c4ccccc4)c4ccccc4)cc3)c3cc4ccccc4cc3-c3ccccc3)cc21. The van der Waals surface area contributed by atoms with Crippen molar-refractivity contribution < 1.29 is 0 Å². The van der Waals surface area contributed by atoms with Crippen molar-refractivity contribution in [2.75, 3.05) is 9.80 Å². The zero-order valence-electron chi connectivity index (χ0n) is 28.9. The number of nitrogens with zero attached hydrogens (tertiary/aromatic N) is 2. The third-order valence-electron chi connectivity index (χ3n) is 10.4. The highest BCUT2D eigenvalue weighted by atomic mass is 15.2. The van der Waals surface area contributed by atoms with Crippen molar-refractivity contribution >= 4 is 44.9 Å². The molecule has 9 rings (SSSR count). The first-order valence-corrected chi connectivity index (χ1v) is 17.7. The van der Waals surface area contributed by atoms with Crippen molar-refractivity contribution in [1.29, 1.82) is 0 Å². The predicted octanol–water partition coefficient (Wildman–Crippen LogP) is 13.8.